The number of aromatic amines is 1. The van der Waals surface area contributed by atoms with Gasteiger partial charge in [0.05, 0.1) is 5.56 Å². The molecule has 3 heteroatoms. The lowest BCUT2D eigenvalue weighted by atomic mass is 10.3. The van der Waals surface area contributed by atoms with Gasteiger partial charge in [0, 0.05) is 5.69 Å². The molecule has 0 aliphatic carbocycles. The third kappa shape index (κ3) is 1.06. The van der Waals surface area contributed by atoms with Gasteiger partial charge in [-0.15, -0.1) is 0 Å². The van der Waals surface area contributed by atoms with E-state index in [0.29, 0.717) is 10.7 Å². The average Bonchev–Trinajstić information content (AvgIpc) is 2.10. The van der Waals surface area contributed by atoms with Crippen molar-refractivity contribution in [2.45, 2.75) is 6.92 Å². The van der Waals surface area contributed by atoms with Crippen LogP contribution in [0, 0.1) is 18.3 Å². The van der Waals surface area contributed by atoms with Crippen LogP contribution in [-0.2, 0) is 0 Å². The molecular formula is C6H5ClN2. The van der Waals surface area contributed by atoms with E-state index in [9.17, 15) is 0 Å². The van der Waals surface area contributed by atoms with E-state index in [1.165, 1.54) is 0 Å². The standard InChI is InChI=1S/C6H5ClN2/c1-4-2-5(3-8)6(7)9-4/h2,9H,1H3. The third-order valence-corrected chi connectivity index (χ3v) is 1.32. The zero-order chi connectivity index (χ0) is 6.85. The Kier molecular flexibility index (Phi) is 1.46. The predicted molar refractivity (Wildman–Crippen MR) is 35.3 cm³/mol. The molecule has 0 saturated carbocycles. The molecule has 0 unspecified atom stereocenters. The first-order valence-electron chi connectivity index (χ1n) is 2.49. The van der Waals surface area contributed by atoms with Crippen LogP contribution in [-0.4, -0.2) is 4.98 Å². The molecule has 1 N–H and O–H groups in total. The molecule has 0 spiro atoms. The van der Waals surface area contributed by atoms with Gasteiger partial charge >= 0.3 is 0 Å². The minimum atomic E-state index is 0.426. The highest BCUT2D eigenvalue weighted by molar-refractivity contribution is 6.30. The van der Waals surface area contributed by atoms with Gasteiger partial charge in [-0.3, -0.25) is 0 Å². The van der Waals surface area contributed by atoms with Crippen molar-refractivity contribution in [3.05, 3.63) is 22.5 Å². The normalized spacial score (nSPS) is 9.00. The van der Waals surface area contributed by atoms with E-state index in [1.807, 2.05) is 13.0 Å². The average molecular weight is 141 g/mol. The largest absolute Gasteiger partial charge is 0.349 e. The Morgan fingerprint density at radius 1 is 1.78 bits per heavy atom. The summed E-state index contributed by atoms with van der Waals surface area (Å²) in [5.41, 5.74) is 1.42. The highest BCUT2D eigenvalue weighted by Gasteiger charge is 1.99. The Hall–Kier alpha value is -0.940. The second-order valence-electron chi connectivity index (χ2n) is 1.79. The van der Waals surface area contributed by atoms with Crippen molar-refractivity contribution in [3.63, 3.8) is 0 Å². The van der Waals surface area contributed by atoms with E-state index in [-0.39, 0.29) is 0 Å². The van der Waals surface area contributed by atoms with Crippen LogP contribution in [0.1, 0.15) is 11.3 Å². The van der Waals surface area contributed by atoms with Gasteiger partial charge in [0.1, 0.15) is 11.2 Å². The topological polar surface area (TPSA) is 39.6 Å². The second-order valence-corrected chi connectivity index (χ2v) is 2.17. The van der Waals surface area contributed by atoms with Gasteiger partial charge in [-0.05, 0) is 13.0 Å². The van der Waals surface area contributed by atoms with Gasteiger partial charge in [0.2, 0.25) is 0 Å². The summed E-state index contributed by atoms with van der Waals surface area (Å²) in [4.78, 5) is 2.80. The third-order valence-electron chi connectivity index (χ3n) is 1.02. The maximum atomic E-state index is 8.38. The minimum absolute atomic E-state index is 0.426. The number of aryl methyl sites for hydroxylation is 1. The van der Waals surface area contributed by atoms with Crippen molar-refractivity contribution in [3.8, 4) is 6.07 Å². The molecule has 0 fully saturated rings. The summed E-state index contributed by atoms with van der Waals surface area (Å²) in [6, 6.07) is 3.66. The van der Waals surface area contributed by atoms with E-state index in [2.05, 4.69) is 4.98 Å². The SMILES string of the molecule is Cc1cc(C#N)c(Cl)[nH]1. The van der Waals surface area contributed by atoms with Crippen LogP contribution in [0.15, 0.2) is 6.07 Å². The molecule has 1 rings (SSSR count). The molecule has 0 radical (unpaired) electrons. The fraction of sp³-hybridized carbons (Fsp3) is 0.167. The van der Waals surface area contributed by atoms with Gasteiger partial charge in [-0.1, -0.05) is 11.6 Å². The number of aromatic nitrogens is 1. The molecular weight excluding hydrogens is 136 g/mol. The lowest BCUT2D eigenvalue weighted by Gasteiger charge is -1.77. The predicted octanol–water partition coefficient (Wildman–Crippen LogP) is 1.85. The smallest absolute Gasteiger partial charge is 0.124 e. The monoisotopic (exact) mass is 140 g/mol. The fourth-order valence-electron chi connectivity index (χ4n) is 0.638. The number of halogens is 1. The lowest BCUT2D eigenvalue weighted by molar-refractivity contribution is 1.27. The van der Waals surface area contributed by atoms with Crippen molar-refractivity contribution in [1.29, 1.82) is 5.26 Å². The Labute approximate surface area is 58.1 Å². The molecule has 1 aromatic rings. The summed E-state index contributed by atoms with van der Waals surface area (Å²) >= 11 is 5.57. The Bertz CT molecular complexity index is 257. The van der Waals surface area contributed by atoms with Crippen LogP contribution in [0.25, 0.3) is 0 Å². The maximum Gasteiger partial charge on any atom is 0.124 e. The lowest BCUT2D eigenvalue weighted by Crippen LogP contribution is -1.65. The van der Waals surface area contributed by atoms with Crippen LogP contribution >= 0.6 is 11.6 Å². The van der Waals surface area contributed by atoms with Crippen LogP contribution in [0.3, 0.4) is 0 Å². The number of hydrogen-bond acceptors (Lipinski definition) is 1. The molecule has 1 heterocycles. The van der Waals surface area contributed by atoms with Crippen molar-refractivity contribution < 1.29 is 0 Å². The van der Waals surface area contributed by atoms with Gasteiger partial charge in [0.25, 0.3) is 0 Å². The van der Waals surface area contributed by atoms with Crippen LogP contribution < -0.4 is 0 Å². The zero-order valence-corrected chi connectivity index (χ0v) is 5.66. The van der Waals surface area contributed by atoms with Gasteiger partial charge in [0.15, 0.2) is 0 Å². The minimum Gasteiger partial charge on any atom is -0.349 e. The Morgan fingerprint density at radius 2 is 2.44 bits per heavy atom. The molecule has 46 valence electrons. The number of rotatable bonds is 0. The zero-order valence-electron chi connectivity index (χ0n) is 4.90. The molecule has 0 aliphatic heterocycles. The number of H-pyrrole nitrogens is 1. The highest BCUT2D eigenvalue weighted by Crippen LogP contribution is 2.13. The molecule has 1 aromatic heterocycles. The van der Waals surface area contributed by atoms with E-state index < -0.39 is 0 Å². The maximum absolute atomic E-state index is 8.38. The van der Waals surface area contributed by atoms with Crippen molar-refractivity contribution in [2.75, 3.05) is 0 Å². The van der Waals surface area contributed by atoms with Gasteiger partial charge < -0.3 is 4.98 Å². The molecule has 0 bridgehead atoms. The molecule has 0 atom stereocenters. The summed E-state index contributed by atoms with van der Waals surface area (Å²) in [5, 5.41) is 8.80. The Balaban J connectivity index is 3.20. The van der Waals surface area contributed by atoms with Crippen LogP contribution in [0.4, 0.5) is 0 Å². The summed E-state index contributed by atoms with van der Waals surface area (Å²) in [7, 11) is 0. The highest BCUT2D eigenvalue weighted by atomic mass is 35.5. The van der Waals surface area contributed by atoms with Crippen molar-refractivity contribution >= 4 is 11.6 Å². The number of nitrogens with one attached hydrogen (secondary N) is 1. The van der Waals surface area contributed by atoms with E-state index in [0.717, 1.165) is 5.69 Å². The Morgan fingerprint density at radius 3 is 2.67 bits per heavy atom. The first kappa shape index (κ1) is 6.18. The van der Waals surface area contributed by atoms with Gasteiger partial charge in [-0.25, -0.2) is 0 Å². The van der Waals surface area contributed by atoms with Crippen molar-refractivity contribution in [1.82, 2.24) is 4.98 Å². The van der Waals surface area contributed by atoms with E-state index >= 15 is 0 Å². The molecule has 0 aromatic carbocycles. The fourth-order valence-corrected chi connectivity index (χ4v) is 0.884. The molecule has 2 nitrogen and oxygen atoms in total. The summed E-state index contributed by atoms with van der Waals surface area (Å²) in [6.45, 7) is 1.85. The van der Waals surface area contributed by atoms with Crippen LogP contribution in [0.2, 0.25) is 5.15 Å². The second kappa shape index (κ2) is 2.12. The quantitative estimate of drug-likeness (QED) is 0.587. The summed E-state index contributed by atoms with van der Waals surface area (Å²) in [6.07, 6.45) is 0. The van der Waals surface area contributed by atoms with Crippen LogP contribution in [0.5, 0.6) is 0 Å². The molecule has 9 heavy (non-hydrogen) atoms. The molecule has 0 aliphatic rings. The number of nitrogens with zero attached hydrogens (tertiary/aromatic N) is 1. The summed E-state index contributed by atoms with van der Waals surface area (Å²) < 4.78 is 0. The van der Waals surface area contributed by atoms with E-state index in [4.69, 9.17) is 16.9 Å². The molecule has 0 amide bonds. The van der Waals surface area contributed by atoms with Crippen molar-refractivity contribution in [2.24, 2.45) is 0 Å². The first-order valence-corrected chi connectivity index (χ1v) is 2.87. The number of nitriles is 1. The number of hydrogen-bond donors (Lipinski definition) is 1. The molecule has 0 saturated heterocycles. The van der Waals surface area contributed by atoms with Gasteiger partial charge in [-0.2, -0.15) is 5.26 Å². The first-order chi connectivity index (χ1) is 4.24. The summed E-state index contributed by atoms with van der Waals surface area (Å²) in [5.74, 6) is 0. The van der Waals surface area contributed by atoms with E-state index in [1.54, 1.807) is 6.07 Å².